The summed E-state index contributed by atoms with van der Waals surface area (Å²) in [5, 5.41) is 11.5. The second-order valence-electron chi connectivity index (χ2n) is 5.44. The van der Waals surface area contributed by atoms with Crippen molar-refractivity contribution >= 4 is 17.8 Å². The van der Waals surface area contributed by atoms with Crippen LogP contribution in [0.3, 0.4) is 0 Å². The summed E-state index contributed by atoms with van der Waals surface area (Å²) in [7, 11) is 0. The van der Waals surface area contributed by atoms with Crippen LogP contribution in [0, 0.1) is 11.8 Å². The van der Waals surface area contributed by atoms with Crippen LogP contribution in [0.1, 0.15) is 32.6 Å². The topological polar surface area (TPSA) is 86.7 Å². The van der Waals surface area contributed by atoms with E-state index in [0.29, 0.717) is 25.9 Å². The highest BCUT2D eigenvalue weighted by Gasteiger charge is 2.35. The predicted molar refractivity (Wildman–Crippen MR) is 67.3 cm³/mol. The van der Waals surface area contributed by atoms with Crippen LogP contribution in [-0.2, 0) is 14.4 Å². The number of aliphatic carboxylic acids is 1. The average Bonchev–Trinajstić information content (AvgIpc) is 3.22. The summed E-state index contributed by atoms with van der Waals surface area (Å²) in [6.07, 6.45) is 3.42. The third kappa shape index (κ3) is 3.45. The van der Waals surface area contributed by atoms with E-state index in [1.165, 1.54) is 6.92 Å². The van der Waals surface area contributed by atoms with E-state index >= 15 is 0 Å². The Bertz CT molecular complexity index is 384. The first kappa shape index (κ1) is 13.8. The van der Waals surface area contributed by atoms with Crippen molar-refractivity contribution in [1.82, 2.24) is 10.2 Å². The van der Waals surface area contributed by atoms with Gasteiger partial charge < -0.3 is 15.3 Å². The average molecular weight is 268 g/mol. The summed E-state index contributed by atoms with van der Waals surface area (Å²) < 4.78 is 0. The van der Waals surface area contributed by atoms with Crippen LogP contribution in [0.25, 0.3) is 0 Å². The van der Waals surface area contributed by atoms with Gasteiger partial charge in [0.1, 0.15) is 5.92 Å². The number of nitrogens with zero attached hydrogens (tertiary/aromatic N) is 1. The zero-order chi connectivity index (χ0) is 14.0. The van der Waals surface area contributed by atoms with E-state index in [1.807, 2.05) is 4.90 Å². The van der Waals surface area contributed by atoms with E-state index in [0.717, 1.165) is 12.8 Å². The van der Waals surface area contributed by atoms with E-state index in [2.05, 4.69) is 5.32 Å². The minimum Gasteiger partial charge on any atom is -0.481 e. The van der Waals surface area contributed by atoms with Gasteiger partial charge in [0.25, 0.3) is 0 Å². The maximum absolute atomic E-state index is 11.8. The van der Waals surface area contributed by atoms with Gasteiger partial charge in [0.15, 0.2) is 0 Å². The maximum atomic E-state index is 11.8. The molecule has 2 amide bonds. The van der Waals surface area contributed by atoms with Crippen LogP contribution in [0.15, 0.2) is 0 Å². The highest BCUT2D eigenvalue weighted by molar-refractivity contribution is 5.96. The van der Waals surface area contributed by atoms with Crippen molar-refractivity contribution in [3.63, 3.8) is 0 Å². The van der Waals surface area contributed by atoms with Crippen molar-refractivity contribution in [2.45, 2.75) is 38.6 Å². The number of carbonyl (C=O) groups excluding carboxylic acids is 2. The zero-order valence-electron chi connectivity index (χ0n) is 11.1. The molecule has 0 radical (unpaired) electrons. The molecule has 19 heavy (non-hydrogen) atoms. The first-order valence-electron chi connectivity index (χ1n) is 6.81. The van der Waals surface area contributed by atoms with Crippen molar-refractivity contribution in [2.24, 2.45) is 11.8 Å². The Kier molecular flexibility index (Phi) is 4.07. The summed E-state index contributed by atoms with van der Waals surface area (Å²) in [5.41, 5.74) is 0. The Morgan fingerprint density at radius 2 is 1.74 bits per heavy atom. The molecule has 1 aliphatic heterocycles. The molecule has 2 aliphatic rings. The number of carboxylic acid groups (broad SMARTS) is 1. The lowest BCUT2D eigenvalue weighted by Crippen LogP contribution is -2.48. The summed E-state index contributed by atoms with van der Waals surface area (Å²) in [5.74, 6) is -2.11. The monoisotopic (exact) mass is 268 g/mol. The number of carboxylic acids is 1. The van der Waals surface area contributed by atoms with Crippen LogP contribution in [0.5, 0.6) is 0 Å². The molecule has 1 saturated heterocycles. The van der Waals surface area contributed by atoms with E-state index in [4.69, 9.17) is 5.11 Å². The minimum atomic E-state index is -1.11. The maximum Gasteiger partial charge on any atom is 0.315 e. The molecule has 0 bridgehead atoms. The molecular formula is C13H20N2O4. The Balaban J connectivity index is 1.75. The van der Waals surface area contributed by atoms with Gasteiger partial charge in [-0.2, -0.15) is 0 Å². The van der Waals surface area contributed by atoms with E-state index in [9.17, 15) is 14.4 Å². The lowest BCUT2D eigenvalue weighted by Gasteiger charge is -2.32. The van der Waals surface area contributed by atoms with Crippen molar-refractivity contribution in [2.75, 3.05) is 13.1 Å². The van der Waals surface area contributed by atoms with Crippen molar-refractivity contribution < 1.29 is 19.5 Å². The Labute approximate surface area is 112 Å². The second kappa shape index (κ2) is 5.59. The molecule has 6 nitrogen and oxygen atoms in total. The highest BCUT2D eigenvalue weighted by atomic mass is 16.4. The van der Waals surface area contributed by atoms with Crippen LogP contribution < -0.4 is 5.32 Å². The van der Waals surface area contributed by atoms with Gasteiger partial charge in [-0.3, -0.25) is 14.4 Å². The van der Waals surface area contributed by atoms with Gasteiger partial charge in [-0.15, -0.1) is 0 Å². The lowest BCUT2D eigenvalue weighted by atomic mass is 10.0. The quantitative estimate of drug-likeness (QED) is 0.714. The fourth-order valence-electron chi connectivity index (χ4n) is 2.27. The number of hydrogen-bond donors (Lipinski definition) is 2. The molecule has 1 heterocycles. The van der Waals surface area contributed by atoms with Crippen molar-refractivity contribution in [1.29, 1.82) is 0 Å². The molecule has 2 rings (SSSR count). The van der Waals surface area contributed by atoms with Crippen molar-refractivity contribution in [3.8, 4) is 0 Å². The zero-order valence-corrected chi connectivity index (χ0v) is 11.1. The molecule has 0 aromatic heterocycles. The number of hydrogen-bond acceptors (Lipinski definition) is 3. The van der Waals surface area contributed by atoms with Gasteiger partial charge in [0.2, 0.25) is 11.8 Å². The standard InChI is InChI=1S/C13H20N2O4/c1-8(13(18)19)11(16)14-10-4-6-15(7-5-10)12(17)9-2-3-9/h8-10H,2-7H2,1H3,(H,14,16)(H,18,19). The molecule has 1 atom stereocenters. The largest absolute Gasteiger partial charge is 0.481 e. The number of likely N-dealkylation sites (tertiary alicyclic amines) is 1. The van der Waals surface area contributed by atoms with Crippen LogP contribution in [0.2, 0.25) is 0 Å². The van der Waals surface area contributed by atoms with Crippen LogP contribution in [-0.4, -0.2) is 46.9 Å². The van der Waals surface area contributed by atoms with E-state index in [-0.39, 0.29) is 17.9 Å². The molecule has 1 unspecified atom stereocenters. The molecule has 0 aromatic rings. The van der Waals surface area contributed by atoms with Gasteiger partial charge in [-0.1, -0.05) is 0 Å². The Hall–Kier alpha value is -1.59. The summed E-state index contributed by atoms with van der Waals surface area (Å²) >= 11 is 0. The Morgan fingerprint density at radius 3 is 2.21 bits per heavy atom. The predicted octanol–water partition coefficient (Wildman–Crippen LogP) is 0.224. The molecule has 6 heteroatoms. The van der Waals surface area contributed by atoms with Gasteiger partial charge >= 0.3 is 5.97 Å². The van der Waals surface area contributed by atoms with Gasteiger partial charge in [0.05, 0.1) is 0 Å². The number of nitrogens with one attached hydrogen (secondary N) is 1. The number of amides is 2. The number of carbonyl (C=O) groups is 3. The highest BCUT2D eigenvalue weighted by Crippen LogP contribution is 2.31. The first-order valence-corrected chi connectivity index (χ1v) is 6.81. The van der Waals surface area contributed by atoms with Gasteiger partial charge in [0, 0.05) is 25.0 Å². The molecule has 2 N–H and O–H groups in total. The fourth-order valence-corrected chi connectivity index (χ4v) is 2.27. The third-order valence-electron chi connectivity index (χ3n) is 3.84. The number of piperidine rings is 1. The Morgan fingerprint density at radius 1 is 1.16 bits per heavy atom. The summed E-state index contributed by atoms with van der Waals surface area (Å²) in [6.45, 7) is 2.69. The second-order valence-corrected chi connectivity index (χ2v) is 5.44. The fraction of sp³-hybridized carbons (Fsp3) is 0.769. The number of rotatable bonds is 4. The van der Waals surface area contributed by atoms with E-state index < -0.39 is 17.8 Å². The molecule has 0 spiro atoms. The smallest absolute Gasteiger partial charge is 0.315 e. The van der Waals surface area contributed by atoms with Crippen LogP contribution in [0.4, 0.5) is 0 Å². The summed E-state index contributed by atoms with van der Waals surface area (Å²) in [4.78, 5) is 36.0. The molecule has 2 fully saturated rings. The third-order valence-corrected chi connectivity index (χ3v) is 3.84. The molecule has 106 valence electrons. The SMILES string of the molecule is CC(C(=O)O)C(=O)NC1CCN(C(=O)C2CC2)CC1. The van der Waals surface area contributed by atoms with Gasteiger partial charge in [-0.25, -0.2) is 0 Å². The van der Waals surface area contributed by atoms with E-state index in [1.54, 1.807) is 0 Å². The van der Waals surface area contributed by atoms with Crippen molar-refractivity contribution in [3.05, 3.63) is 0 Å². The molecule has 1 saturated carbocycles. The van der Waals surface area contributed by atoms with Crippen LogP contribution >= 0.6 is 0 Å². The lowest BCUT2D eigenvalue weighted by molar-refractivity contribution is -0.146. The molecule has 1 aliphatic carbocycles. The normalized spacial score (nSPS) is 21.8. The molecule has 0 aromatic carbocycles. The first-order chi connectivity index (χ1) is 8.99. The minimum absolute atomic E-state index is 0.0162. The van der Waals surface area contributed by atoms with Gasteiger partial charge in [-0.05, 0) is 32.6 Å². The molecular weight excluding hydrogens is 248 g/mol. The summed E-state index contributed by atoms with van der Waals surface area (Å²) in [6, 6.07) is -0.0162.